The molecule has 0 aromatic heterocycles. The van der Waals surface area contributed by atoms with Crippen LogP contribution in [0.5, 0.6) is 0 Å². The van der Waals surface area contributed by atoms with Gasteiger partial charge in [0.2, 0.25) is 0 Å². The first-order valence-corrected chi connectivity index (χ1v) is 6.37. The minimum atomic E-state index is -0.606. The molecule has 1 heterocycles. The number of halogens is 1. The van der Waals surface area contributed by atoms with E-state index in [1.54, 1.807) is 13.1 Å². The molecule has 0 saturated carbocycles. The second-order valence-electron chi connectivity index (χ2n) is 4.59. The highest BCUT2D eigenvalue weighted by Crippen LogP contribution is 2.17. The SMILES string of the molecule is CN(C(=O)c1ccc(C#CCO)cc1F)C1CCOC1. The predicted molar refractivity (Wildman–Crippen MR) is 71.7 cm³/mol. The maximum absolute atomic E-state index is 14.0. The van der Waals surface area contributed by atoms with Crippen molar-refractivity contribution in [3.8, 4) is 11.8 Å². The molecule has 0 radical (unpaired) electrons. The summed E-state index contributed by atoms with van der Waals surface area (Å²) in [5, 5.41) is 8.59. The number of nitrogens with zero attached hydrogens (tertiary/aromatic N) is 1. The van der Waals surface area contributed by atoms with E-state index in [0.29, 0.717) is 18.8 Å². The number of carbonyl (C=O) groups excluding carboxylic acids is 1. The van der Waals surface area contributed by atoms with Gasteiger partial charge in [0, 0.05) is 19.2 Å². The number of aliphatic hydroxyl groups excluding tert-OH is 1. The molecular weight excluding hydrogens is 261 g/mol. The maximum Gasteiger partial charge on any atom is 0.256 e. The number of aliphatic hydroxyl groups is 1. The highest BCUT2D eigenvalue weighted by atomic mass is 19.1. The molecule has 1 fully saturated rings. The number of hydrogen-bond donors (Lipinski definition) is 1. The summed E-state index contributed by atoms with van der Waals surface area (Å²) in [4.78, 5) is 13.8. The van der Waals surface area contributed by atoms with Crippen LogP contribution in [-0.4, -0.2) is 48.8 Å². The third-order valence-electron chi connectivity index (χ3n) is 3.28. The van der Waals surface area contributed by atoms with Gasteiger partial charge in [-0.2, -0.15) is 0 Å². The summed E-state index contributed by atoms with van der Waals surface area (Å²) in [5.74, 6) is 4.07. The molecule has 106 valence electrons. The summed E-state index contributed by atoms with van der Waals surface area (Å²) in [6.45, 7) is 0.830. The lowest BCUT2D eigenvalue weighted by atomic mass is 10.1. The number of likely N-dealkylation sites (N-methyl/N-ethyl adjacent to an activating group) is 1. The monoisotopic (exact) mass is 277 g/mol. The van der Waals surface area contributed by atoms with Crippen LogP contribution >= 0.6 is 0 Å². The van der Waals surface area contributed by atoms with Crippen LogP contribution in [0.4, 0.5) is 4.39 Å². The summed E-state index contributed by atoms with van der Waals surface area (Å²) in [5.41, 5.74) is 0.453. The molecular formula is C15H16FNO3. The van der Waals surface area contributed by atoms with E-state index >= 15 is 0 Å². The van der Waals surface area contributed by atoms with Crippen molar-refractivity contribution in [2.45, 2.75) is 12.5 Å². The van der Waals surface area contributed by atoms with Crippen molar-refractivity contribution in [3.05, 3.63) is 35.1 Å². The lowest BCUT2D eigenvalue weighted by Crippen LogP contribution is -2.37. The van der Waals surface area contributed by atoms with E-state index in [1.807, 2.05) is 0 Å². The minimum Gasteiger partial charge on any atom is -0.384 e. The van der Waals surface area contributed by atoms with Gasteiger partial charge in [0.25, 0.3) is 5.91 Å². The van der Waals surface area contributed by atoms with Crippen LogP contribution < -0.4 is 0 Å². The van der Waals surface area contributed by atoms with Gasteiger partial charge in [-0.1, -0.05) is 11.8 Å². The first kappa shape index (κ1) is 14.5. The van der Waals surface area contributed by atoms with Gasteiger partial charge in [0.1, 0.15) is 12.4 Å². The fourth-order valence-corrected chi connectivity index (χ4v) is 2.09. The third-order valence-corrected chi connectivity index (χ3v) is 3.28. The van der Waals surface area contributed by atoms with Crippen LogP contribution in [-0.2, 0) is 4.74 Å². The fraction of sp³-hybridized carbons (Fsp3) is 0.400. The third kappa shape index (κ3) is 3.16. The van der Waals surface area contributed by atoms with Crippen LogP contribution in [0, 0.1) is 17.7 Å². The molecule has 0 spiro atoms. The zero-order valence-electron chi connectivity index (χ0n) is 11.2. The second kappa shape index (κ2) is 6.51. The van der Waals surface area contributed by atoms with E-state index in [9.17, 15) is 9.18 Å². The quantitative estimate of drug-likeness (QED) is 0.821. The molecule has 5 heteroatoms. The van der Waals surface area contributed by atoms with Crippen molar-refractivity contribution in [2.75, 3.05) is 26.9 Å². The lowest BCUT2D eigenvalue weighted by Gasteiger charge is -2.23. The van der Waals surface area contributed by atoms with Crippen LogP contribution in [0.15, 0.2) is 18.2 Å². The Bertz CT molecular complexity index is 556. The van der Waals surface area contributed by atoms with E-state index < -0.39 is 5.82 Å². The summed E-state index contributed by atoms with van der Waals surface area (Å²) >= 11 is 0. The molecule has 2 rings (SSSR count). The summed E-state index contributed by atoms with van der Waals surface area (Å²) in [7, 11) is 1.65. The van der Waals surface area contributed by atoms with Crippen molar-refractivity contribution in [1.29, 1.82) is 0 Å². The summed E-state index contributed by atoms with van der Waals surface area (Å²) < 4.78 is 19.2. The average Bonchev–Trinajstić information content (AvgIpc) is 2.98. The molecule has 4 nitrogen and oxygen atoms in total. The number of benzene rings is 1. The average molecular weight is 277 g/mol. The van der Waals surface area contributed by atoms with Crippen LogP contribution in [0.3, 0.4) is 0 Å². The number of ether oxygens (including phenoxy) is 1. The van der Waals surface area contributed by atoms with E-state index in [0.717, 1.165) is 6.42 Å². The van der Waals surface area contributed by atoms with E-state index in [-0.39, 0.29) is 24.1 Å². The van der Waals surface area contributed by atoms with E-state index in [1.165, 1.54) is 17.0 Å². The Morgan fingerprint density at radius 1 is 1.60 bits per heavy atom. The topological polar surface area (TPSA) is 49.8 Å². The summed E-state index contributed by atoms with van der Waals surface area (Å²) in [6, 6.07) is 4.19. The van der Waals surface area contributed by atoms with Gasteiger partial charge in [-0.15, -0.1) is 0 Å². The van der Waals surface area contributed by atoms with Crippen LogP contribution in [0.1, 0.15) is 22.3 Å². The number of hydrogen-bond acceptors (Lipinski definition) is 3. The predicted octanol–water partition coefficient (Wildman–Crippen LogP) is 1.03. The van der Waals surface area contributed by atoms with Crippen molar-refractivity contribution >= 4 is 5.91 Å². The highest BCUT2D eigenvalue weighted by Gasteiger charge is 2.26. The Morgan fingerprint density at radius 2 is 2.40 bits per heavy atom. The van der Waals surface area contributed by atoms with Gasteiger partial charge >= 0.3 is 0 Å². The molecule has 0 bridgehead atoms. The molecule has 20 heavy (non-hydrogen) atoms. The first-order chi connectivity index (χ1) is 9.63. The zero-order chi connectivity index (χ0) is 14.5. The van der Waals surface area contributed by atoms with Crippen molar-refractivity contribution < 1.29 is 19.0 Å². The molecule has 1 amide bonds. The minimum absolute atomic E-state index is 0.00393. The number of carbonyl (C=O) groups is 1. The molecule has 1 aromatic rings. The molecule has 1 N–H and O–H groups in total. The Hall–Kier alpha value is -1.90. The standard InChI is InChI=1S/C15H16FNO3/c1-17(12-6-8-20-10-12)15(19)13-5-4-11(3-2-7-18)9-14(13)16/h4-5,9,12,18H,6-8,10H2,1H3. The lowest BCUT2D eigenvalue weighted by molar-refractivity contribution is 0.0706. The molecule has 1 aliphatic heterocycles. The van der Waals surface area contributed by atoms with Gasteiger partial charge in [0.15, 0.2) is 0 Å². The largest absolute Gasteiger partial charge is 0.384 e. The van der Waals surface area contributed by atoms with Gasteiger partial charge in [-0.3, -0.25) is 4.79 Å². The van der Waals surface area contributed by atoms with Gasteiger partial charge < -0.3 is 14.7 Å². The van der Waals surface area contributed by atoms with Crippen molar-refractivity contribution in [1.82, 2.24) is 4.90 Å². The van der Waals surface area contributed by atoms with Crippen molar-refractivity contribution in [3.63, 3.8) is 0 Å². The Kier molecular flexibility index (Phi) is 4.72. The molecule has 1 unspecified atom stereocenters. The smallest absolute Gasteiger partial charge is 0.256 e. The van der Waals surface area contributed by atoms with Gasteiger partial charge in [-0.25, -0.2) is 4.39 Å². The second-order valence-corrected chi connectivity index (χ2v) is 4.59. The van der Waals surface area contributed by atoms with E-state index in [2.05, 4.69) is 11.8 Å². The van der Waals surface area contributed by atoms with Gasteiger partial charge in [-0.05, 0) is 24.6 Å². The Morgan fingerprint density at radius 3 is 3.00 bits per heavy atom. The Labute approximate surface area is 117 Å². The first-order valence-electron chi connectivity index (χ1n) is 6.37. The van der Waals surface area contributed by atoms with E-state index in [4.69, 9.17) is 9.84 Å². The molecule has 1 aliphatic rings. The van der Waals surface area contributed by atoms with Crippen LogP contribution in [0.2, 0.25) is 0 Å². The number of rotatable bonds is 2. The molecule has 1 aromatic carbocycles. The zero-order valence-corrected chi connectivity index (χ0v) is 11.2. The summed E-state index contributed by atoms with van der Waals surface area (Å²) in [6.07, 6.45) is 0.768. The highest BCUT2D eigenvalue weighted by molar-refractivity contribution is 5.94. The maximum atomic E-state index is 14.0. The fourth-order valence-electron chi connectivity index (χ4n) is 2.09. The molecule has 1 saturated heterocycles. The van der Waals surface area contributed by atoms with Crippen LogP contribution in [0.25, 0.3) is 0 Å². The number of amides is 1. The van der Waals surface area contributed by atoms with Gasteiger partial charge in [0.05, 0.1) is 18.2 Å². The normalized spacial score (nSPS) is 17.4. The molecule has 1 atom stereocenters. The Balaban J connectivity index is 2.17. The van der Waals surface area contributed by atoms with Crippen molar-refractivity contribution in [2.24, 2.45) is 0 Å². The molecule has 0 aliphatic carbocycles.